The topological polar surface area (TPSA) is 130 Å². The molecule has 0 spiro atoms. The van der Waals surface area contributed by atoms with Gasteiger partial charge in [0.05, 0.1) is 28.9 Å². The van der Waals surface area contributed by atoms with E-state index in [4.69, 9.17) is 0 Å². The van der Waals surface area contributed by atoms with Crippen molar-refractivity contribution in [3.8, 4) is 11.8 Å². The average Bonchev–Trinajstić information content (AvgIpc) is 3.41. The molecule has 2 heterocycles. The van der Waals surface area contributed by atoms with Crippen molar-refractivity contribution in [3.05, 3.63) is 83.5 Å². The third-order valence-corrected chi connectivity index (χ3v) is 6.61. The van der Waals surface area contributed by atoms with E-state index in [9.17, 15) is 18.5 Å². The highest BCUT2D eigenvalue weighted by Gasteiger charge is 2.18. The summed E-state index contributed by atoms with van der Waals surface area (Å²) in [6, 6.07) is 19.0. The van der Waals surface area contributed by atoms with Gasteiger partial charge < -0.3 is 5.32 Å². The number of hydrogen-bond donors (Lipinski definition) is 2. The van der Waals surface area contributed by atoms with Crippen molar-refractivity contribution >= 4 is 38.2 Å². The molecule has 0 atom stereocenters. The number of amides is 1. The van der Waals surface area contributed by atoms with E-state index in [0.717, 1.165) is 11.3 Å². The molecule has 32 heavy (non-hydrogen) atoms. The van der Waals surface area contributed by atoms with E-state index >= 15 is 0 Å². The summed E-state index contributed by atoms with van der Waals surface area (Å²) in [6.45, 7) is 0. The van der Waals surface area contributed by atoms with Crippen LogP contribution in [0.25, 0.3) is 5.69 Å². The van der Waals surface area contributed by atoms with Gasteiger partial charge in [-0.2, -0.15) is 10.4 Å². The van der Waals surface area contributed by atoms with E-state index < -0.39 is 15.9 Å². The molecule has 4 rings (SSSR count). The SMILES string of the molecule is N#Cc1cnn(-c2ccccc2)c1NC(=O)Cc1csc(NS(=O)(=O)c2ccccc2)n1. The van der Waals surface area contributed by atoms with Gasteiger partial charge in [-0.05, 0) is 24.3 Å². The second-order valence-electron chi connectivity index (χ2n) is 6.55. The Labute approximate surface area is 188 Å². The second-order valence-corrected chi connectivity index (χ2v) is 9.09. The van der Waals surface area contributed by atoms with E-state index in [-0.39, 0.29) is 27.8 Å². The molecule has 0 aliphatic rings. The number of para-hydroxylation sites is 1. The number of rotatable bonds is 7. The van der Waals surface area contributed by atoms with Gasteiger partial charge in [0.15, 0.2) is 10.9 Å². The van der Waals surface area contributed by atoms with Crippen LogP contribution in [0.15, 0.2) is 77.1 Å². The lowest BCUT2D eigenvalue weighted by atomic mass is 10.3. The van der Waals surface area contributed by atoms with Crippen molar-refractivity contribution in [3.63, 3.8) is 0 Å². The third-order valence-electron chi connectivity index (χ3n) is 4.32. The van der Waals surface area contributed by atoms with Crippen LogP contribution in [0.5, 0.6) is 0 Å². The molecule has 0 aliphatic carbocycles. The lowest BCUT2D eigenvalue weighted by molar-refractivity contribution is -0.115. The summed E-state index contributed by atoms with van der Waals surface area (Å²) in [6.07, 6.45) is 1.27. The Hall–Kier alpha value is -4.01. The lowest BCUT2D eigenvalue weighted by Crippen LogP contribution is -2.18. The monoisotopic (exact) mass is 464 g/mol. The Balaban J connectivity index is 1.47. The number of nitriles is 1. The summed E-state index contributed by atoms with van der Waals surface area (Å²) in [5.41, 5.74) is 1.30. The molecule has 2 N–H and O–H groups in total. The molecule has 0 radical (unpaired) electrons. The molecule has 2 aromatic carbocycles. The summed E-state index contributed by atoms with van der Waals surface area (Å²) in [4.78, 5) is 16.9. The third kappa shape index (κ3) is 4.66. The van der Waals surface area contributed by atoms with Gasteiger partial charge in [-0.1, -0.05) is 36.4 Å². The highest BCUT2D eigenvalue weighted by atomic mass is 32.2. The van der Waals surface area contributed by atoms with Gasteiger partial charge in [0.1, 0.15) is 11.6 Å². The zero-order valence-corrected chi connectivity index (χ0v) is 18.1. The maximum absolute atomic E-state index is 12.6. The molecule has 1 amide bonds. The molecule has 0 unspecified atom stereocenters. The summed E-state index contributed by atoms with van der Waals surface area (Å²) in [5, 5.41) is 18.0. The summed E-state index contributed by atoms with van der Waals surface area (Å²) in [5.74, 6) is -0.161. The molecule has 0 fully saturated rings. The van der Waals surface area contributed by atoms with Crippen LogP contribution in [0.2, 0.25) is 0 Å². The van der Waals surface area contributed by atoms with Gasteiger partial charge in [0.2, 0.25) is 5.91 Å². The Morgan fingerprint density at radius 2 is 1.78 bits per heavy atom. The fourth-order valence-electron chi connectivity index (χ4n) is 2.86. The summed E-state index contributed by atoms with van der Waals surface area (Å²) >= 11 is 1.08. The van der Waals surface area contributed by atoms with E-state index in [1.165, 1.54) is 23.0 Å². The van der Waals surface area contributed by atoms with Gasteiger partial charge in [0.25, 0.3) is 10.0 Å². The molecule has 0 aliphatic heterocycles. The zero-order chi connectivity index (χ0) is 22.6. The van der Waals surface area contributed by atoms with Crippen LogP contribution in [0, 0.1) is 11.3 Å². The number of thiazole rings is 1. The second kappa shape index (κ2) is 9.01. The van der Waals surface area contributed by atoms with Gasteiger partial charge in [-0.3, -0.25) is 9.52 Å². The van der Waals surface area contributed by atoms with Crippen LogP contribution >= 0.6 is 11.3 Å². The van der Waals surface area contributed by atoms with Gasteiger partial charge >= 0.3 is 0 Å². The number of nitrogens with zero attached hydrogens (tertiary/aromatic N) is 4. The van der Waals surface area contributed by atoms with E-state index in [1.807, 2.05) is 24.3 Å². The zero-order valence-electron chi connectivity index (χ0n) is 16.5. The van der Waals surface area contributed by atoms with Gasteiger partial charge in [0, 0.05) is 5.38 Å². The first-order chi connectivity index (χ1) is 15.5. The minimum atomic E-state index is -3.77. The normalized spacial score (nSPS) is 11.0. The highest BCUT2D eigenvalue weighted by molar-refractivity contribution is 7.93. The number of sulfonamides is 1. The Morgan fingerprint density at radius 3 is 2.47 bits per heavy atom. The number of carbonyl (C=O) groups excluding carboxylic acids is 1. The summed E-state index contributed by atoms with van der Waals surface area (Å²) < 4.78 is 28.7. The predicted octanol–water partition coefficient (Wildman–Crippen LogP) is 3.18. The van der Waals surface area contributed by atoms with Crippen molar-refractivity contribution in [1.29, 1.82) is 5.26 Å². The van der Waals surface area contributed by atoms with Crippen LogP contribution < -0.4 is 10.0 Å². The fourth-order valence-corrected chi connectivity index (χ4v) is 4.85. The predicted molar refractivity (Wildman–Crippen MR) is 120 cm³/mol. The minimum Gasteiger partial charge on any atom is -0.309 e. The molecule has 0 saturated carbocycles. The van der Waals surface area contributed by atoms with Gasteiger partial charge in [-0.25, -0.2) is 18.1 Å². The number of hydrogen-bond acceptors (Lipinski definition) is 7. The molecular weight excluding hydrogens is 448 g/mol. The first kappa shape index (κ1) is 21.2. The maximum atomic E-state index is 12.6. The van der Waals surface area contributed by atoms with E-state index in [2.05, 4.69) is 20.1 Å². The van der Waals surface area contributed by atoms with Crippen LogP contribution in [-0.4, -0.2) is 29.1 Å². The molecule has 4 aromatic rings. The van der Waals surface area contributed by atoms with Crippen molar-refractivity contribution in [2.75, 3.05) is 10.0 Å². The first-order valence-corrected chi connectivity index (χ1v) is 11.7. The first-order valence-electron chi connectivity index (χ1n) is 9.32. The highest BCUT2D eigenvalue weighted by Crippen LogP contribution is 2.22. The van der Waals surface area contributed by atoms with Crippen LogP contribution in [0.3, 0.4) is 0 Å². The Morgan fingerprint density at radius 1 is 1.09 bits per heavy atom. The average molecular weight is 465 g/mol. The van der Waals surface area contributed by atoms with Crippen LogP contribution in [0.4, 0.5) is 10.9 Å². The van der Waals surface area contributed by atoms with Crippen molar-refractivity contribution < 1.29 is 13.2 Å². The molecular formula is C21H16N6O3S2. The number of benzene rings is 2. The van der Waals surface area contributed by atoms with Crippen LogP contribution in [-0.2, 0) is 21.2 Å². The molecule has 0 bridgehead atoms. The number of nitrogens with one attached hydrogen (secondary N) is 2. The fraction of sp³-hybridized carbons (Fsp3) is 0.0476. The summed E-state index contributed by atoms with van der Waals surface area (Å²) in [7, 11) is -3.77. The lowest BCUT2D eigenvalue weighted by Gasteiger charge is -2.09. The molecule has 2 aromatic heterocycles. The quantitative estimate of drug-likeness (QED) is 0.432. The minimum absolute atomic E-state index is 0.103. The maximum Gasteiger partial charge on any atom is 0.263 e. The Bertz CT molecular complexity index is 1390. The van der Waals surface area contributed by atoms with Crippen molar-refractivity contribution in [2.24, 2.45) is 0 Å². The smallest absolute Gasteiger partial charge is 0.263 e. The standard InChI is InChI=1S/C21H16N6O3S2/c22-12-15-13-23-27(17-7-3-1-4-8-17)20(15)25-19(28)11-16-14-31-21(24-16)26-32(29,30)18-9-5-2-6-10-18/h1-10,13-14H,11H2,(H,24,26)(H,25,28). The largest absolute Gasteiger partial charge is 0.309 e. The number of carbonyl (C=O) groups is 1. The molecule has 11 heteroatoms. The van der Waals surface area contributed by atoms with E-state index in [0.29, 0.717) is 11.4 Å². The number of anilines is 2. The Kier molecular flexibility index (Phi) is 5.98. The molecule has 160 valence electrons. The molecule has 0 saturated heterocycles. The van der Waals surface area contributed by atoms with Crippen molar-refractivity contribution in [2.45, 2.75) is 11.3 Å². The van der Waals surface area contributed by atoms with Crippen LogP contribution in [0.1, 0.15) is 11.3 Å². The molecule has 9 nitrogen and oxygen atoms in total. The number of aromatic nitrogens is 3. The van der Waals surface area contributed by atoms with Gasteiger partial charge in [-0.15, -0.1) is 11.3 Å². The van der Waals surface area contributed by atoms with Crippen molar-refractivity contribution in [1.82, 2.24) is 14.8 Å². The van der Waals surface area contributed by atoms with E-state index in [1.54, 1.807) is 35.7 Å².